The molecule has 2 saturated heterocycles. The van der Waals surface area contributed by atoms with Gasteiger partial charge in [0.1, 0.15) is 0 Å². The van der Waals surface area contributed by atoms with Gasteiger partial charge in [-0.2, -0.15) is 0 Å². The van der Waals surface area contributed by atoms with E-state index >= 15 is 0 Å². The average molecular weight is 239 g/mol. The second-order valence-electron chi connectivity index (χ2n) is 7.27. The van der Waals surface area contributed by atoms with Gasteiger partial charge < -0.3 is 4.74 Å². The molecule has 0 aromatic carbocycles. The zero-order valence-electron chi connectivity index (χ0n) is 12.3. The van der Waals surface area contributed by atoms with Crippen LogP contribution in [0.4, 0.5) is 0 Å². The molecule has 0 N–H and O–H groups in total. The number of hydrogen-bond acceptors (Lipinski definition) is 2. The van der Waals surface area contributed by atoms with Crippen LogP contribution < -0.4 is 0 Å². The van der Waals surface area contributed by atoms with Crippen molar-refractivity contribution in [3.05, 3.63) is 0 Å². The Hall–Kier alpha value is -0.0800. The highest BCUT2D eigenvalue weighted by molar-refractivity contribution is 5.05. The third-order valence-electron chi connectivity index (χ3n) is 4.50. The van der Waals surface area contributed by atoms with Gasteiger partial charge in [0.25, 0.3) is 0 Å². The minimum atomic E-state index is -0.00106. The minimum Gasteiger partial charge on any atom is -0.374 e. The lowest BCUT2D eigenvalue weighted by molar-refractivity contribution is -0.0586. The van der Waals surface area contributed by atoms with E-state index in [1.165, 1.54) is 32.2 Å². The SMILES string of the molecule is CC(C)C1CCC2(COC(C)(C)C)CCCN12. The molecule has 2 heteroatoms. The molecule has 0 radical (unpaired) electrons. The predicted octanol–water partition coefficient (Wildman–Crippen LogP) is 3.45. The maximum Gasteiger partial charge on any atom is 0.0657 e. The first-order chi connectivity index (χ1) is 7.84. The molecule has 0 saturated carbocycles. The molecule has 2 aliphatic heterocycles. The summed E-state index contributed by atoms with van der Waals surface area (Å²) >= 11 is 0. The maximum absolute atomic E-state index is 6.10. The van der Waals surface area contributed by atoms with E-state index in [4.69, 9.17) is 4.74 Å². The van der Waals surface area contributed by atoms with Crippen LogP contribution in [0.2, 0.25) is 0 Å². The van der Waals surface area contributed by atoms with E-state index in [9.17, 15) is 0 Å². The highest BCUT2D eigenvalue weighted by Crippen LogP contribution is 2.44. The number of ether oxygens (including phenoxy) is 1. The van der Waals surface area contributed by atoms with Crippen molar-refractivity contribution in [1.82, 2.24) is 4.90 Å². The van der Waals surface area contributed by atoms with E-state index in [-0.39, 0.29) is 5.60 Å². The molecule has 0 aromatic heterocycles. The van der Waals surface area contributed by atoms with Gasteiger partial charge in [-0.15, -0.1) is 0 Å². The number of rotatable bonds is 3. The lowest BCUT2D eigenvalue weighted by Crippen LogP contribution is -2.48. The number of fused-ring (bicyclic) bond motifs is 1. The first kappa shape index (κ1) is 13.4. The Bertz CT molecular complexity index is 269. The van der Waals surface area contributed by atoms with Gasteiger partial charge in [-0.3, -0.25) is 4.90 Å². The summed E-state index contributed by atoms with van der Waals surface area (Å²) in [7, 11) is 0. The molecule has 2 unspecified atom stereocenters. The fraction of sp³-hybridized carbons (Fsp3) is 1.00. The van der Waals surface area contributed by atoms with Crippen LogP contribution in [0.25, 0.3) is 0 Å². The molecule has 0 amide bonds. The third kappa shape index (κ3) is 2.68. The molecule has 0 aromatic rings. The first-order valence-electron chi connectivity index (χ1n) is 7.25. The summed E-state index contributed by atoms with van der Waals surface area (Å²) in [5, 5.41) is 0. The lowest BCUT2D eigenvalue weighted by atomic mass is 9.94. The van der Waals surface area contributed by atoms with Gasteiger partial charge in [0, 0.05) is 11.6 Å². The lowest BCUT2D eigenvalue weighted by Gasteiger charge is -2.38. The van der Waals surface area contributed by atoms with Crippen molar-refractivity contribution in [1.29, 1.82) is 0 Å². The first-order valence-corrected chi connectivity index (χ1v) is 7.25. The van der Waals surface area contributed by atoms with E-state index in [0.717, 1.165) is 18.6 Å². The Balaban J connectivity index is 2.04. The molecule has 2 nitrogen and oxygen atoms in total. The van der Waals surface area contributed by atoms with Crippen LogP contribution in [0.3, 0.4) is 0 Å². The summed E-state index contributed by atoms with van der Waals surface area (Å²) in [6, 6.07) is 0.793. The number of hydrogen-bond donors (Lipinski definition) is 0. The maximum atomic E-state index is 6.10. The van der Waals surface area contributed by atoms with Gasteiger partial charge in [0.05, 0.1) is 12.2 Å². The third-order valence-corrected chi connectivity index (χ3v) is 4.50. The van der Waals surface area contributed by atoms with Crippen LogP contribution in [0.15, 0.2) is 0 Å². The van der Waals surface area contributed by atoms with Gasteiger partial charge in [-0.05, 0) is 58.9 Å². The molecule has 2 heterocycles. The van der Waals surface area contributed by atoms with Crippen LogP contribution in [-0.4, -0.2) is 35.2 Å². The minimum absolute atomic E-state index is 0.00106. The van der Waals surface area contributed by atoms with Gasteiger partial charge in [-0.1, -0.05) is 13.8 Å². The Labute approximate surface area is 107 Å². The summed E-state index contributed by atoms with van der Waals surface area (Å²) in [6.45, 7) is 13.4. The van der Waals surface area contributed by atoms with Gasteiger partial charge in [0.15, 0.2) is 0 Å². The molecular formula is C15H29NO. The van der Waals surface area contributed by atoms with Crippen LogP contribution in [0.5, 0.6) is 0 Å². The predicted molar refractivity (Wildman–Crippen MR) is 72.2 cm³/mol. The Kier molecular flexibility index (Phi) is 3.57. The summed E-state index contributed by atoms with van der Waals surface area (Å²) in [4.78, 5) is 2.77. The van der Waals surface area contributed by atoms with Gasteiger partial charge in [-0.25, -0.2) is 0 Å². The Morgan fingerprint density at radius 1 is 1.29 bits per heavy atom. The van der Waals surface area contributed by atoms with Crippen molar-refractivity contribution in [2.24, 2.45) is 5.92 Å². The quantitative estimate of drug-likeness (QED) is 0.748. The van der Waals surface area contributed by atoms with E-state index in [2.05, 4.69) is 39.5 Å². The summed E-state index contributed by atoms with van der Waals surface area (Å²) in [6.07, 6.45) is 5.40. The van der Waals surface area contributed by atoms with Crippen molar-refractivity contribution in [2.75, 3.05) is 13.2 Å². The van der Waals surface area contributed by atoms with Crippen LogP contribution in [-0.2, 0) is 4.74 Å². The summed E-state index contributed by atoms with van der Waals surface area (Å²) in [5.41, 5.74) is 0.376. The molecule has 2 atom stereocenters. The van der Waals surface area contributed by atoms with E-state index < -0.39 is 0 Å². The molecule has 2 rings (SSSR count). The smallest absolute Gasteiger partial charge is 0.0657 e. The fourth-order valence-electron chi connectivity index (χ4n) is 3.59. The highest BCUT2D eigenvalue weighted by atomic mass is 16.5. The van der Waals surface area contributed by atoms with E-state index in [0.29, 0.717) is 5.54 Å². The zero-order valence-corrected chi connectivity index (χ0v) is 12.3. The normalized spacial score (nSPS) is 34.6. The van der Waals surface area contributed by atoms with E-state index in [1.54, 1.807) is 0 Å². The highest BCUT2D eigenvalue weighted by Gasteiger charge is 2.50. The summed E-state index contributed by atoms with van der Waals surface area (Å²) < 4.78 is 6.10. The van der Waals surface area contributed by atoms with Crippen molar-refractivity contribution < 1.29 is 4.74 Å². The van der Waals surface area contributed by atoms with Crippen LogP contribution in [0, 0.1) is 5.92 Å². The Morgan fingerprint density at radius 3 is 2.59 bits per heavy atom. The van der Waals surface area contributed by atoms with Crippen molar-refractivity contribution in [3.8, 4) is 0 Å². The largest absolute Gasteiger partial charge is 0.374 e. The van der Waals surface area contributed by atoms with Crippen LogP contribution in [0.1, 0.15) is 60.3 Å². The van der Waals surface area contributed by atoms with Crippen molar-refractivity contribution >= 4 is 0 Å². The fourth-order valence-corrected chi connectivity index (χ4v) is 3.59. The molecule has 2 fully saturated rings. The second-order valence-corrected chi connectivity index (χ2v) is 7.27. The monoisotopic (exact) mass is 239 g/mol. The van der Waals surface area contributed by atoms with Gasteiger partial charge in [0.2, 0.25) is 0 Å². The van der Waals surface area contributed by atoms with Crippen LogP contribution >= 0.6 is 0 Å². The molecule has 2 aliphatic rings. The molecule has 0 aliphatic carbocycles. The molecule has 100 valence electrons. The molecular weight excluding hydrogens is 210 g/mol. The standard InChI is InChI=1S/C15H29NO/c1-12(2)13-7-9-15(8-6-10-16(13)15)11-17-14(3,4)5/h12-13H,6-11H2,1-5H3. The van der Waals surface area contributed by atoms with Crippen molar-refractivity contribution in [2.45, 2.75) is 77.5 Å². The summed E-state index contributed by atoms with van der Waals surface area (Å²) in [5.74, 6) is 0.782. The molecule has 17 heavy (non-hydrogen) atoms. The van der Waals surface area contributed by atoms with Gasteiger partial charge >= 0.3 is 0 Å². The molecule has 0 bridgehead atoms. The molecule has 0 spiro atoms. The second kappa shape index (κ2) is 4.55. The number of nitrogens with zero attached hydrogens (tertiary/aromatic N) is 1. The van der Waals surface area contributed by atoms with Crippen molar-refractivity contribution in [3.63, 3.8) is 0 Å². The Morgan fingerprint density at radius 2 is 2.00 bits per heavy atom. The van der Waals surface area contributed by atoms with E-state index in [1.807, 2.05) is 0 Å². The zero-order chi connectivity index (χ0) is 12.7. The topological polar surface area (TPSA) is 12.5 Å². The average Bonchev–Trinajstić information content (AvgIpc) is 2.70.